The van der Waals surface area contributed by atoms with Crippen LogP contribution in [-0.2, 0) is 4.74 Å². The molecule has 0 saturated carbocycles. The van der Waals surface area contributed by atoms with E-state index in [-0.39, 0.29) is 18.5 Å². The van der Waals surface area contributed by atoms with Crippen LogP contribution in [0.15, 0.2) is 22.7 Å². The molecule has 0 fully saturated rings. The Morgan fingerprint density at radius 3 is 2.40 bits per heavy atom. The van der Waals surface area contributed by atoms with Gasteiger partial charge in [-0.05, 0) is 52.8 Å². The van der Waals surface area contributed by atoms with Crippen LogP contribution < -0.4 is 0 Å². The van der Waals surface area contributed by atoms with Crippen LogP contribution in [0, 0.1) is 5.82 Å². The van der Waals surface area contributed by atoms with Crippen LogP contribution in [0.3, 0.4) is 0 Å². The Morgan fingerprint density at radius 1 is 1.28 bits per heavy atom. The van der Waals surface area contributed by atoms with Crippen LogP contribution in [0.5, 0.6) is 0 Å². The van der Waals surface area contributed by atoms with Gasteiger partial charge in [0.1, 0.15) is 17.0 Å². The maximum Gasteiger partial charge on any atom is 0.410 e. The Kier molecular flexibility index (Phi) is 7.14. The minimum absolute atomic E-state index is 0.0368. The van der Waals surface area contributed by atoms with E-state index in [0.29, 0.717) is 11.0 Å². The van der Waals surface area contributed by atoms with Crippen LogP contribution in [-0.4, -0.2) is 46.2 Å². The average Bonchev–Trinajstić information content (AvgIpc) is 2.47. The molecule has 1 atom stereocenters. The van der Waals surface area contributed by atoms with Crippen molar-refractivity contribution in [2.75, 3.05) is 13.1 Å². The summed E-state index contributed by atoms with van der Waals surface area (Å²) in [5.41, 5.74) is -2.64. The number of benzene rings is 1. The third-order valence-corrected chi connectivity index (χ3v) is 4.06. The second kappa shape index (κ2) is 8.27. The molecule has 1 amide bonds. The van der Waals surface area contributed by atoms with Crippen molar-refractivity contribution < 1.29 is 23.8 Å². The fourth-order valence-electron chi connectivity index (χ4n) is 2.13. The summed E-state index contributed by atoms with van der Waals surface area (Å²) < 4.78 is 19.7. The predicted molar refractivity (Wildman–Crippen MR) is 97.2 cm³/mol. The van der Waals surface area contributed by atoms with Gasteiger partial charge in [0, 0.05) is 24.0 Å². The SMILES string of the molecule is CCN(CCC(C)(O)C(=O)c1cc(Br)ccc1F)C(=O)OC(C)(C)C. The number of carbonyl (C=O) groups excluding carboxylic acids is 2. The largest absolute Gasteiger partial charge is 0.444 e. The molecule has 0 aliphatic heterocycles. The van der Waals surface area contributed by atoms with Gasteiger partial charge in [-0.25, -0.2) is 9.18 Å². The molecular weight excluding hydrogens is 393 g/mol. The van der Waals surface area contributed by atoms with Gasteiger partial charge in [0.15, 0.2) is 5.78 Å². The summed E-state index contributed by atoms with van der Waals surface area (Å²) >= 11 is 3.18. The lowest BCUT2D eigenvalue weighted by molar-refractivity contribution is 0.0133. The van der Waals surface area contributed by atoms with E-state index in [9.17, 15) is 19.1 Å². The van der Waals surface area contributed by atoms with Gasteiger partial charge in [-0.1, -0.05) is 15.9 Å². The summed E-state index contributed by atoms with van der Waals surface area (Å²) in [6.07, 6.45) is -0.558. The maximum absolute atomic E-state index is 13.9. The molecule has 1 rings (SSSR count). The summed E-state index contributed by atoms with van der Waals surface area (Å²) in [6.45, 7) is 8.84. The summed E-state index contributed by atoms with van der Waals surface area (Å²) in [7, 11) is 0. The fourth-order valence-corrected chi connectivity index (χ4v) is 2.49. The highest BCUT2D eigenvalue weighted by Gasteiger charge is 2.34. The zero-order valence-electron chi connectivity index (χ0n) is 15.2. The van der Waals surface area contributed by atoms with Crippen LogP contribution in [0.25, 0.3) is 0 Å². The molecule has 0 radical (unpaired) electrons. The van der Waals surface area contributed by atoms with E-state index >= 15 is 0 Å². The third-order valence-electron chi connectivity index (χ3n) is 3.56. The number of ketones is 1. The van der Waals surface area contributed by atoms with Gasteiger partial charge >= 0.3 is 6.09 Å². The van der Waals surface area contributed by atoms with Gasteiger partial charge in [-0.3, -0.25) is 4.79 Å². The first-order valence-electron chi connectivity index (χ1n) is 8.07. The highest BCUT2D eigenvalue weighted by Crippen LogP contribution is 2.23. The zero-order chi connectivity index (χ0) is 19.4. The number of halogens is 2. The molecule has 0 aliphatic carbocycles. The maximum atomic E-state index is 13.9. The predicted octanol–water partition coefficient (Wildman–Crippen LogP) is 4.17. The summed E-state index contributed by atoms with van der Waals surface area (Å²) in [4.78, 5) is 26.0. The minimum atomic E-state index is -1.81. The Labute approximate surface area is 156 Å². The zero-order valence-corrected chi connectivity index (χ0v) is 16.8. The van der Waals surface area contributed by atoms with Crippen molar-refractivity contribution in [1.29, 1.82) is 0 Å². The highest BCUT2D eigenvalue weighted by atomic mass is 79.9. The lowest BCUT2D eigenvalue weighted by Gasteiger charge is -2.29. The average molecular weight is 418 g/mol. The molecule has 25 heavy (non-hydrogen) atoms. The molecule has 1 unspecified atom stereocenters. The summed E-state index contributed by atoms with van der Waals surface area (Å²) in [5.74, 6) is -1.43. The number of rotatable bonds is 6. The molecule has 0 bridgehead atoms. The van der Waals surface area contributed by atoms with Gasteiger partial charge in [-0.15, -0.1) is 0 Å². The first-order valence-corrected chi connectivity index (χ1v) is 8.87. The molecule has 0 saturated heterocycles. The Hall–Kier alpha value is -1.47. The van der Waals surface area contributed by atoms with Crippen LogP contribution in [0.4, 0.5) is 9.18 Å². The normalized spacial score (nSPS) is 13.9. The van der Waals surface area contributed by atoms with E-state index in [1.807, 2.05) is 0 Å². The van der Waals surface area contributed by atoms with Gasteiger partial charge in [0.25, 0.3) is 0 Å². The lowest BCUT2D eigenvalue weighted by atomic mass is 9.91. The second-order valence-electron chi connectivity index (χ2n) is 7.04. The molecule has 1 aromatic rings. The first-order chi connectivity index (χ1) is 11.4. The van der Waals surface area contributed by atoms with Crippen molar-refractivity contribution >= 4 is 27.8 Å². The molecule has 1 N–H and O–H groups in total. The van der Waals surface area contributed by atoms with Crippen molar-refractivity contribution in [1.82, 2.24) is 4.90 Å². The van der Waals surface area contributed by atoms with E-state index in [1.165, 1.54) is 24.0 Å². The monoisotopic (exact) mass is 417 g/mol. The second-order valence-corrected chi connectivity index (χ2v) is 7.95. The number of hydrogen-bond acceptors (Lipinski definition) is 4. The number of hydrogen-bond donors (Lipinski definition) is 1. The molecule has 0 heterocycles. The molecule has 1 aromatic carbocycles. The quantitative estimate of drug-likeness (QED) is 0.705. The molecule has 0 aromatic heterocycles. The van der Waals surface area contributed by atoms with Crippen molar-refractivity contribution in [3.63, 3.8) is 0 Å². The Bertz CT molecular complexity index is 640. The number of aliphatic hydroxyl groups is 1. The topological polar surface area (TPSA) is 66.8 Å². The van der Waals surface area contributed by atoms with Gasteiger partial charge in [0.05, 0.1) is 5.56 Å². The van der Waals surface area contributed by atoms with Crippen LogP contribution in [0.2, 0.25) is 0 Å². The Morgan fingerprint density at radius 2 is 1.88 bits per heavy atom. The Balaban J connectivity index is 2.84. The third kappa shape index (κ3) is 6.40. The number of carbonyl (C=O) groups is 2. The molecule has 140 valence electrons. The fraction of sp³-hybridized carbons (Fsp3) is 0.556. The van der Waals surface area contributed by atoms with E-state index in [1.54, 1.807) is 27.7 Å². The minimum Gasteiger partial charge on any atom is -0.444 e. The molecule has 0 aliphatic rings. The smallest absolute Gasteiger partial charge is 0.410 e. The highest BCUT2D eigenvalue weighted by molar-refractivity contribution is 9.10. The van der Waals surface area contributed by atoms with Crippen molar-refractivity contribution in [2.45, 2.75) is 52.2 Å². The molecule has 7 heteroatoms. The van der Waals surface area contributed by atoms with E-state index < -0.39 is 28.9 Å². The van der Waals surface area contributed by atoms with Crippen LogP contribution in [0.1, 0.15) is 51.4 Å². The molecule has 5 nitrogen and oxygen atoms in total. The van der Waals surface area contributed by atoms with Gasteiger partial charge in [-0.2, -0.15) is 0 Å². The standard InChI is InChI=1S/C18H25BrFNO4/c1-6-21(16(23)25-17(2,3)4)10-9-18(5,24)15(22)13-11-12(19)7-8-14(13)20/h7-8,11,24H,6,9-10H2,1-5H3. The van der Waals surface area contributed by atoms with E-state index in [2.05, 4.69) is 15.9 Å². The van der Waals surface area contributed by atoms with E-state index in [0.717, 1.165) is 6.07 Å². The summed E-state index contributed by atoms with van der Waals surface area (Å²) in [6, 6.07) is 3.96. The van der Waals surface area contributed by atoms with Crippen LogP contribution >= 0.6 is 15.9 Å². The van der Waals surface area contributed by atoms with Gasteiger partial charge in [0.2, 0.25) is 0 Å². The van der Waals surface area contributed by atoms with Crippen molar-refractivity contribution in [3.05, 3.63) is 34.1 Å². The number of nitrogens with zero attached hydrogens (tertiary/aromatic N) is 1. The number of ether oxygens (including phenoxy) is 1. The van der Waals surface area contributed by atoms with Crippen molar-refractivity contribution in [2.24, 2.45) is 0 Å². The first kappa shape index (κ1) is 21.6. The molecular formula is C18H25BrFNO4. The summed E-state index contributed by atoms with van der Waals surface area (Å²) in [5, 5.41) is 10.5. The van der Waals surface area contributed by atoms with Crippen molar-refractivity contribution in [3.8, 4) is 0 Å². The van der Waals surface area contributed by atoms with Gasteiger partial charge < -0.3 is 14.7 Å². The van der Waals surface area contributed by atoms with E-state index in [4.69, 9.17) is 4.74 Å². The number of amides is 1. The molecule has 0 spiro atoms. The lowest BCUT2D eigenvalue weighted by Crippen LogP contribution is -2.43. The number of Topliss-reactive ketones (excluding diaryl/α,β-unsaturated/α-hetero) is 1.